The van der Waals surface area contributed by atoms with Crippen LogP contribution in [0.5, 0.6) is 5.75 Å². The van der Waals surface area contributed by atoms with Crippen LogP contribution in [0.1, 0.15) is 12.8 Å². The monoisotopic (exact) mass is 221 g/mol. The lowest BCUT2D eigenvalue weighted by atomic mass is 10.2. The fraction of sp³-hybridized carbons (Fsp3) is 0.538. The second-order valence-electron chi connectivity index (χ2n) is 4.00. The summed E-state index contributed by atoms with van der Waals surface area (Å²) in [5, 5.41) is 3.35. The van der Waals surface area contributed by atoms with Crippen molar-refractivity contribution in [2.45, 2.75) is 18.9 Å². The van der Waals surface area contributed by atoms with E-state index in [0.29, 0.717) is 12.7 Å². The second kappa shape index (κ2) is 6.51. The SMILES string of the molecule is c1ccc(OCCNC[C@H]2CCCO2)cc1. The summed E-state index contributed by atoms with van der Waals surface area (Å²) in [6, 6.07) is 9.90. The summed E-state index contributed by atoms with van der Waals surface area (Å²) in [4.78, 5) is 0. The Labute approximate surface area is 96.8 Å². The molecule has 0 aromatic heterocycles. The van der Waals surface area contributed by atoms with Gasteiger partial charge in [0, 0.05) is 19.7 Å². The summed E-state index contributed by atoms with van der Waals surface area (Å²) in [6.07, 6.45) is 2.80. The van der Waals surface area contributed by atoms with Gasteiger partial charge < -0.3 is 14.8 Å². The zero-order valence-electron chi connectivity index (χ0n) is 9.52. The van der Waals surface area contributed by atoms with Gasteiger partial charge in [0.2, 0.25) is 0 Å². The van der Waals surface area contributed by atoms with Gasteiger partial charge in [0.1, 0.15) is 12.4 Å². The quantitative estimate of drug-likeness (QED) is 0.743. The number of benzene rings is 1. The average Bonchev–Trinajstić information content (AvgIpc) is 2.83. The lowest BCUT2D eigenvalue weighted by Crippen LogP contribution is -2.29. The van der Waals surface area contributed by atoms with Gasteiger partial charge in [-0.15, -0.1) is 0 Å². The van der Waals surface area contributed by atoms with Crippen molar-refractivity contribution in [1.29, 1.82) is 0 Å². The van der Waals surface area contributed by atoms with E-state index in [-0.39, 0.29) is 0 Å². The van der Waals surface area contributed by atoms with Gasteiger partial charge in [-0.1, -0.05) is 18.2 Å². The lowest BCUT2D eigenvalue weighted by Gasteiger charge is -2.11. The topological polar surface area (TPSA) is 30.5 Å². The number of para-hydroxylation sites is 1. The first-order valence-electron chi connectivity index (χ1n) is 5.95. The maximum absolute atomic E-state index is 5.57. The molecule has 1 aliphatic heterocycles. The normalized spacial score (nSPS) is 19.9. The lowest BCUT2D eigenvalue weighted by molar-refractivity contribution is 0.109. The summed E-state index contributed by atoms with van der Waals surface area (Å²) in [5.41, 5.74) is 0. The van der Waals surface area contributed by atoms with E-state index in [2.05, 4.69) is 5.32 Å². The van der Waals surface area contributed by atoms with Crippen molar-refractivity contribution < 1.29 is 9.47 Å². The van der Waals surface area contributed by atoms with Crippen LogP contribution in [-0.4, -0.2) is 32.4 Å². The predicted octanol–water partition coefficient (Wildman–Crippen LogP) is 1.83. The van der Waals surface area contributed by atoms with Gasteiger partial charge in [0.25, 0.3) is 0 Å². The zero-order valence-corrected chi connectivity index (χ0v) is 9.52. The minimum atomic E-state index is 0.414. The van der Waals surface area contributed by atoms with E-state index in [9.17, 15) is 0 Å². The molecule has 1 aromatic carbocycles. The van der Waals surface area contributed by atoms with Crippen molar-refractivity contribution in [3.8, 4) is 5.75 Å². The molecule has 1 atom stereocenters. The first kappa shape index (κ1) is 11.4. The fourth-order valence-corrected chi connectivity index (χ4v) is 1.83. The molecule has 0 amide bonds. The molecule has 88 valence electrons. The van der Waals surface area contributed by atoms with Crippen molar-refractivity contribution in [3.63, 3.8) is 0 Å². The predicted molar refractivity (Wildman–Crippen MR) is 63.8 cm³/mol. The minimum absolute atomic E-state index is 0.414. The molecule has 0 spiro atoms. The van der Waals surface area contributed by atoms with Gasteiger partial charge in [-0.2, -0.15) is 0 Å². The average molecular weight is 221 g/mol. The number of rotatable bonds is 6. The van der Waals surface area contributed by atoms with Gasteiger partial charge in [-0.25, -0.2) is 0 Å². The number of hydrogen-bond acceptors (Lipinski definition) is 3. The first-order chi connectivity index (χ1) is 7.95. The van der Waals surface area contributed by atoms with Crippen LogP contribution in [0, 0.1) is 0 Å². The van der Waals surface area contributed by atoms with E-state index in [1.54, 1.807) is 0 Å². The van der Waals surface area contributed by atoms with E-state index < -0.39 is 0 Å². The highest BCUT2D eigenvalue weighted by molar-refractivity contribution is 5.20. The molecule has 1 N–H and O–H groups in total. The Morgan fingerprint density at radius 3 is 2.94 bits per heavy atom. The molecule has 1 aliphatic rings. The molecule has 2 rings (SSSR count). The van der Waals surface area contributed by atoms with Crippen LogP contribution in [0.3, 0.4) is 0 Å². The van der Waals surface area contributed by atoms with Gasteiger partial charge in [0.15, 0.2) is 0 Å². The van der Waals surface area contributed by atoms with E-state index >= 15 is 0 Å². The van der Waals surface area contributed by atoms with Crippen LogP contribution >= 0.6 is 0 Å². The third kappa shape index (κ3) is 3.83. The maximum Gasteiger partial charge on any atom is 0.119 e. The Bertz CT molecular complexity index is 283. The van der Waals surface area contributed by atoms with Crippen LogP contribution in [0.25, 0.3) is 0 Å². The van der Waals surface area contributed by atoms with Gasteiger partial charge in [-0.3, -0.25) is 0 Å². The standard InChI is InChI=1S/C13H19NO2/c1-2-5-12(6-3-1)16-10-8-14-11-13-7-4-9-15-13/h1-3,5-6,13-14H,4,7-11H2/t13-/m1/s1. The van der Waals surface area contributed by atoms with Gasteiger partial charge in [-0.05, 0) is 25.0 Å². The van der Waals surface area contributed by atoms with Crippen LogP contribution in [0.15, 0.2) is 30.3 Å². The van der Waals surface area contributed by atoms with E-state index in [1.807, 2.05) is 30.3 Å². The summed E-state index contributed by atoms with van der Waals surface area (Å²) >= 11 is 0. The third-order valence-corrected chi connectivity index (χ3v) is 2.69. The number of nitrogens with one attached hydrogen (secondary N) is 1. The highest BCUT2D eigenvalue weighted by Crippen LogP contribution is 2.10. The van der Waals surface area contributed by atoms with E-state index in [1.165, 1.54) is 12.8 Å². The van der Waals surface area contributed by atoms with Crippen LogP contribution in [0.2, 0.25) is 0 Å². The smallest absolute Gasteiger partial charge is 0.119 e. The van der Waals surface area contributed by atoms with E-state index in [0.717, 1.165) is 25.4 Å². The Hall–Kier alpha value is -1.06. The molecule has 0 aliphatic carbocycles. The van der Waals surface area contributed by atoms with Gasteiger partial charge >= 0.3 is 0 Å². The third-order valence-electron chi connectivity index (χ3n) is 2.69. The minimum Gasteiger partial charge on any atom is -0.492 e. The summed E-state index contributed by atoms with van der Waals surface area (Å²) in [7, 11) is 0. The summed E-state index contributed by atoms with van der Waals surface area (Å²) in [5.74, 6) is 0.932. The van der Waals surface area contributed by atoms with E-state index in [4.69, 9.17) is 9.47 Å². The molecule has 16 heavy (non-hydrogen) atoms. The molecule has 1 aromatic rings. The molecule has 1 heterocycles. The molecule has 0 bridgehead atoms. The van der Waals surface area contributed by atoms with Crippen molar-refractivity contribution >= 4 is 0 Å². The Balaban J connectivity index is 1.52. The largest absolute Gasteiger partial charge is 0.492 e. The summed E-state index contributed by atoms with van der Waals surface area (Å²) in [6.45, 7) is 3.44. The number of ether oxygens (including phenoxy) is 2. The van der Waals surface area contributed by atoms with Crippen LogP contribution < -0.4 is 10.1 Å². The Morgan fingerprint density at radius 1 is 1.31 bits per heavy atom. The Morgan fingerprint density at radius 2 is 2.19 bits per heavy atom. The molecule has 3 nitrogen and oxygen atoms in total. The molecule has 0 radical (unpaired) electrons. The van der Waals surface area contributed by atoms with Crippen LogP contribution in [-0.2, 0) is 4.74 Å². The molecule has 0 unspecified atom stereocenters. The second-order valence-corrected chi connectivity index (χ2v) is 4.00. The van der Waals surface area contributed by atoms with Gasteiger partial charge in [0.05, 0.1) is 6.10 Å². The Kier molecular flexibility index (Phi) is 4.65. The zero-order chi connectivity index (χ0) is 11.1. The highest BCUT2D eigenvalue weighted by Gasteiger charge is 2.13. The van der Waals surface area contributed by atoms with Crippen molar-refractivity contribution in [3.05, 3.63) is 30.3 Å². The molecular weight excluding hydrogens is 202 g/mol. The molecule has 1 saturated heterocycles. The first-order valence-corrected chi connectivity index (χ1v) is 5.95. The van der Waals surface area contributed by atoms with Crippen molar-refractivity contribution in [2.24, 2.45) is 0 Å². The van der Waals surface area contributed by atoms with Crippen molar-refractivity contribution in [2.75, 3.05) is 26.3 Å². The van der Waals surface area contributed by atoms with Crippen molar-refractivity contribution in [1.82, 2.24) is 5.32 Å². The maximum atomic E-state index is 5.57. The molecular formula is C13H19NO2. The van der Waals surface area contributed by atoms with Crippen LogP contribution in [0.4, 0.5) is 0 Å². The number of hydrogen-bond donors (Lipinski definition) is 1. The molecule has 3 heteroatoms. The molecule has 0 saturated carbocycles. The fourth-order valence-electron chi connectivity index (χ4n) is 1.83. The summed E-state index contributed by atoms with van der Waals surface area (Å²) < 4.78 is 11.1. The molecule has 1 fully saturated rings. The highest BCUT2D eigenvalue weighted by atomic mass is 16.5.